The summed E-state index contributed by atoms with van der Waals surface area (Å²) in [4.78, 5) is 2.22. The van der Waals surface area contributed by atoms with Crippen molar-refractivity contribution in [2.45, 2.75) is 19.9 Å². The van der Waals surface area contributed by atoms with E-state index < -0.39 is 0 Å². The Balaban J connectivity index is 1.92. The molecule has 0 atom stereocenters. The second kappa shape index (κ2) is 5.58. The summed E-state index contributed by atoms with van der Waals surface area (Å²) in [7, 11) is 2.09. The first-order chi connectivity index (χ1) is 8.69. The van der Waals surface area contributed by atoms with Crippen molar-refractivity contribution in [3.05, 3.63) is 42.1 Å². The number of anilines is 2. The molecule has 1 aromatic heterocycles. The first kappa shape index (κ1) is 12.5. The summed E-state index contributed by atoms with van der Waals surface area (Å²) >= 11 is 0. The molecule has 0 spiro atoms. The number of nitrogens with zero attached hydrogens (tertiary/aromatic N) is 3. The van der Waals surface area contributed by atoms with Gasteiger partial charge in [-0.15, -0.1) is 0 Å². The molecule has 96 valence electrons. The number of likely N-dealkylation sites (N-methyl/N-ethyl adjacent to an activating group) is 1. The summed E-state index contributed by atoms with van der Waals surface area (Å²) in [6.07, 6.45) is 2.99. The molecule has 0 amide bonds. The van der Waals surface area contributed by atoms with Crippen LogP contribution in [0.5, 0.6) is 0 Å². The van der Waals surface area contributed by atoms with Crippen molar-refractivity contribution in [2.24, 2.45) is 0 Å². The third-order valence-electron chi connectivity index (χ3n) is 3.11. The van der Waals surface area contributed by atoms with Crippen LogP contribution in [0.1, 0.15) is 12.5 Å². The van der Waals surface area contributed by atoms with Gasteiger partial charge < -0.3 is 10.6 Å². The zero-order valence-corrected chi connectivity index (χ0v) is 11.0. The van der Waals surface area contributed by atoms with E-state index in [0.717, 1.165) is 19.5 Å². The van der Waals surface area contributed by atoms with Crippen molar-refractivity contribution in [1.29, 1.82) is 0 Å². The molecule has 2 rings (SSSR count). The largest absolute Gasteiger partial charge is 0.382 e. The van der Waals surface area contributed by atoms with Crippen LogP contribution in [0, 0.1) is 0 Å². The average Bonchev–Trinajstić information content (AvgIpc) is 2.82. The highest BCUT2D eigenvalue weighted by Gasteiger charge is 2.01. The standard InChI is InChI=1S/C14H20N4/c1-3-12-4-6-13(7-5-12)17(2)10-11-18-9-8-14(15)16-18/h4-9H,3,10-11H2,1-2H3,(H2,15,16). The number of hydrogen-bond donors (Lipinski definition) is 1. The molecule has 0 aliphatic carbocycles. The smallest absolute Gasteiger partial charge is 0.145 e. The van der Waals surface area contributed by atoms with Crippen LogP contribution in [0.4, 0.5) is 11.5 Å². The summed E-state index contributed by atoms with van der Waals surface area (Å²) in [6, 6.07) is 10.5. The predicted molar refractivity (Wildman–Crippen MR) is 75.7 cm³/mol. The summed E-state index contributed by atoms with van der Waals surface area (Å²) in [6.45, 7) is 3.91. The van der Waals surface area contributed by atoms with Gasteiger partial charge in [0.2, 0.25) is 0 Å². The minimum atomic E-state index is 0.574. The highest BCUT2D eigenvalue weighted by atomic mass is 15.3. The molecule has 1 heterocycles. The molecule has 0 aliphatic heterocycles. The molecule has 2 aromatic rings. The molecule has 0 aliphatic rings. The maximum Gasteiger partial charge on any atom is 0.145 e. The quantitative estimate of drug-likeness (QED) is 0.876. The van der Waals surface area contributed by atoms with Crippen LogP contribution in [0.15, 0.2) is 36.5 Å². The number of aryl methyl sites for hydroxylation is 1. The summed E-state index contributed by atoms with van der Waals surface area (Å²) in [5, 5.41) is 4.17. The van der Waals surface area contributed by atoms with E-state index in [-0.39, 0.29) is 0 Å². The van der Waals surface area contributed by atoms with E-state index in [1.807, 2.05) is 16.9 Å². The molecule has 18 heavy (non-hydrogen) atoms. The highest BCUT2D eigenvalue weighted by Crippen LogP contribution is 2.14. The van der Waals surface area contributed by atoms with Crippen LogP contribution in [0.2, 0.25) is 0 Å². The Morgan fingerprint density at radius 3 is 2.50 bits per heavy atom. The molecular formula is C14H20N4. The van der Waals surface area contributed by atoms with Crippen LogP contribution in [0.3, 0.4) is 0 Å². The minimum Gasteiger partial charge on any atom is -0.382 e. The maximum absolute atomic E-state index is 5.58. The normalized spacial score (nSPS) is 10.6. The van der Waals surface area contributed by atoms with Gasteiger partial charge in [-0.3, -0.25) is 4.68 Å². The molecule has 0 saturated heterocycles. The zero-order valence-electron chi connectivity index (χ0n) is 11.0. The predicted octanol–water partition coefficient (Wildman–Crippen LogP) is 2.16. The Morgan fingerprint density at radius 2 is 1.94 bits per heavy atom. The van der Waals surface area contributed by atoms with E-state index in [0.29, 0.717) is 5.82 Å². The number of benzene rings is 1. The van der Waals surface area contributed by atoms with Gasteiger partial charge in [-0.05, 0) is 30.2 Å². The van der Waals surface area contributed by atoms with Gasteiger partial charge in [-0.1, -0.05) is 19.1 Å². The van der Waals surface area contributed by atoms with E-state index in [4.69, 9.17) is 5.73 Å². The van der Waals surface area contributed by atoms with E-state index in [1.165, 1.54) is 11.3 Å². The van der Waals surface area contributed by atoms with Gasteiger partial charge >= 0.3 is 0 Å². The van der Waals surface area contributed by atoms with Crippen LogP contribution in [-0.2, 0) is 13.0 Å². The minimum absolute atomic E-state index is 0.574. The van der Waals surface area contributed by atoms with E-state index >= 15 is 0 Å². The lowest BCUT2D eigenvalue weighted by molar-refractivity contribution is 0.614. The highest BCUT2D eigenvalue weighted by molar-refractivity contribution is 5.46. The number of aromatic nitrogens is 2. The van der Waals surface area contributed by atoms with Crippen molar-refractivity contribution in [2.75, 3.05) is 24.2 Å². The van der Waals surface area contributed by atoms with Crippen molar-refractivity contribution in [1.82, 2.24) is 9.78 Å². The van der Waals surface area contributed by atoms with Gasteiger partial charge in [0.15, 0.2) is 0 Å². The molecule has 0 radical (unpaired) electrons. The van der Waals surface area contributed by atoms with Crippen LogP contribution < -0.4 is 10.6 Å². The van der Waals surface area contributed by atoms with E-state index in [1.54, 1.807) is 0 Å². The molecule has 4 nitrogen and oxygen atoms in total. The lowest BCUT2D eigenvalue weighted by Gasteiger charge is -2.19. The van der Waals surface area contributed by atoms with Gasteiger partial charge in [0, 0.05) is 25.5 Å². The summed E-state index contributed by atoms with van der Waals surface area (Å²) in [5.74, 6) is 0.574. The molecule has 1 aromatic carbocycles. The van der Waals surface area contributed by atoms with Crippen LogP contribution >= 0.6 is 0 Å². The Labute approximate surface area is 108 Å². The Morgan fingerprint density at radius 1 is 1.22 bits per heavy atom. The number of nitrogen functional groups attached to an aromatic ring is 1. The Bertz CT molecular complexity index is 487. The van der Waals surface area contributed by atoms with Crippen molar-refractivity contribution >= 4 is 11.5 Å². The van der Waals surface area contributed by atoms with E-state index in [9.17, 15) is 0 Å². The number of nitrogens with two attached hydrogens (primary N) is 1. The average molecular weight is 244 g/mol. The molecular weight excluding hydrogens is 224 g/mol. The number of rotatable bonds is 5. The summed E-state index contributed by atoms with van der Waals surface area (Å²) < 4.78 is 1.87. The van der Waals surface area contributed by atoms with Gasteiger partial charge in [0.25, 0.3) is 0 Å². The molecule has 4 heteroatoms. The van der Waals surface area contributed by atoms with Crippen molar-refractivity contribution in [3.63, 3.8) is 0 Å². The molecule has 0 unspecified atom stereocenters. The monoisotopic (exact) mass is 244 g/mol. The third-order valence-corrected chi connectivity index (χ3v) is 3.11. The fourth-order valence-electron chi connectivity index (χ4n) is 1.87. The van der Waals surface area contributed by atoms with Crippen LogP contribution in [0.25, 0.3) is 0 Å². The molecule has 0 saturated carbocycles. The van der Waals surface area contributed by atoms with Gasteiger partial charge in [-0.25, -0.2) is 0 Å². The first-order valence-electron chi connectivity index (χ1n) is 6.28. The zero-order chi connectivity index (χ0) is 13.0. The maximum atomic E-state index is 5.58. The third kappa shape index (κ3) is 3.03. The Hall–Kier alpha value is -1.97. The lowest BCUT2D eigenvalue weighted by Crippen LogP contribution is -2.22. The second-order valence-electron chi connectivity index (χ2n) is 4.45. The lowest BCUT2D eigenvalue weighted by atomic mass is 10.1. The summed E-state index contributed by atoms with van der Waals surface area (Å²) in [5.41, 5.74) is 8.18. The molecule has 0 bridgehead atoms. The molecule has 0 fully saturated rings. The fourth-order valence-corrected chi connectivity index (χ4v) is 1.87. The topological polar surface area (TPSA) is 47.1 Å². The van der Waals surface area contributed by atoms with E-state index in [2.05, 4.69) is 48.2 Å². The molecule has 2 N–H and O–H groups in total. The van der Waals surface area contributed by atoms with Gasteiger partial charge in [0.1, 0.15) is 5.82 Å². The Kier molecular flexibility index (Phi) is 3.87. The fraction of sp³-hybridized carbons (Fsp3) is 0.357. The van der Waals surface area contributed by atoms with Gasteiger partial charge in [-0.2, -0.15) is 5.10 Å². The van der Waals surface area contributed by atoms with Crippen LogP contribution in [-0.4, -0.2) is 23.4 Å². The number of hydrogen-bond acceptors (Lipinski definition) is 3. The van der Waals surface area contributed by atoms with Gasteiger partial charge in [0.05, 0.1) is 6.54 Å². The SMILES string of the molecule is CCc1ccc(N(C)CCn2ccc(N)n2)cc1. The van der Waals surface area contributed by atoms with Crippen molar-refractivity contribution in [3.8, 4) is 0 Å². The second-order valence-corrected chi connectivity index (χ2v) is 4.45. The first-order valence-corrected chi connectivity index (χ1v) is 6.28. The van der Waals surface area contributed by atoms with Crippen molar-refractivity contribution < 1.29 is 0 Å².